The van der Waals surface area contributed by atoms with E-state index in [4.69, 9.17) is 4.74 Å². The van der Waals surface area contributed by atoms with Crippen molar-refractivity contribution in [2.75, 3.05) is 13.7 Å². The van der Waals surface area contributed by atoms with E-state index < -0.39 is 17.3 Å². The fraction of sp³-hybridized carbons (Fsp3) is 0.261. The van der Waals surface area contributed by atoms with Crippen molar-refractivity contribution in [2.45, 2.75) is 19.1 Å². The highest BCUT2D eigenvalue weighted by Gasteiger charge is 2.30. The van der Waals surface area contributed by atoms with Crippen LogP contribution in [0.1, 0.15) is 22.8 Å². The van der Waals surface area contributed by atoms with Gasteiger partial charge in [0.25, 0.3) is 11.5 Å². The molecule has 10 heteroatoms. The van der Waals surface area contributed by atoms with Gasteiger partial charge in [0.1, 0.15) is 5.52 Å². The molecule has 0 spiro atoms. The van der Waals surface area contributed by atoms with Gasteiger partial charge in [-0.05, 0) is 49.4 Å². The Morgan fingerprint density at radius 1 is 1.15 bits per heavy atom. The summed E-state index contributed by atoms with van der Waals surface area (Å²) in [7, 11) is 3.20. The summed E-state index contributed by atoms with van der Waals surface area (Å²) in [6.45, 7) is 2.15. The largest absolute Gasteiger partial charge is 0.416 e. The summed E-state index contributed by atoms with van der Waals surface area (Å²) >= 11 is 0. The van der Waals surface area contributed by atoms with Crippen LogP contribution in [0.2, 0.25) is 0 Å². The van der Waals surface area contributed by atoms with E-state index in [9.17, 15) is 22.8 Å². The third-order valence-electron chi connectivity index (χ3n) is 5.26. The van der Waals surface area contributed by atoms with Crippen molar-refractivity contribution in [1.29, 1.82) is 0 Å². The first-order valence-corrected chi connectivity index (χ1v) is 10.1. The van der Waals surface area contributed by atoms with E-state index in [2.05, 4.69) is 10.4 Å². The molecule has 0 saturated carbocycles. The van der Waals surface area contributed by atoms with Crippen LogP contribution in [-0.4, -0.2) is 40.0 Å². The lowest BCUT2D eigenvalue weighted by molar-refractivity contribution is -0.137. The highest BCUT2D eigenvalue weighted by molar-refractivity contribution is 6.07. The Labute approximate surface area is 186 Å². The molecule has 0 aliphatic rings. The predicted octanol–water partition coefficient (Wildman–Crippen LogP) is 3.66. The molecule has 1 N–H and O–H groups in total. The lowest BCUT2D eigenvalue weighted by Gasteiger charge is -2.15. The average Bonchev–Trinajstić information content (AvgIpc) is 3.16. The predicted molar refractivity (Wildman–Crippen MR) is 118 cm³/mol. The summed E-state index contributed by atoms with van der Waals surface area (Å²) in [6, 6.07) is 8.93. The van der Waals surface area contributed by atoms with Crippen LogP contribution < -0.4 is 10.9 Å². The Morgan fingerprint density at radius 2 is 1.85 bits per heavy atom. The van der Waals surface area contributed by atoms with Gasteiger partial charge in [-0.15, -0.1) is 0 Å². The second kappa shape index (κ2) is 8.36. The van der Waals surface area contributed by atoms with Crippen LogP contribution in [0, 0.1) is 0 Å². The molecule has 2 aromatic carbocycles. The zero-order valence-electron chi connectivity index (χ0n) is 18.1. The first kappa shape index (κ1) is 22.5. The van der Waals surface area contributed by atoms with Crippen molar-refractivity contribution in [3.63, 3.8) is 0 Å². The van der Waals surface area contributed by atoms with E-state index in [1.807, 2.05) is 6.92 Å². The van der Waals surface area contributed by atoms with E-state index in [1.54, 1.807) is 31.4 Å². The SMILES string of the molecule is COC[C@@H](C)NC(=O)c1ccc2c(c1)c1nn(C)cc1c(=O)n2-c1ccc(C(F)(F)F)cc1. The summed E-state index contributed by atoms with van der Waals surface area (Å²) in [5.41, 5.74) is 0.226. The van der Waals surface area contributed by atoms with Gasteiger partial charge >= 0.3 is 6.18 Å². The number of nitrogens with zero attached hydrogens (tertiary/aromatic N) is 3. The molecule has 0 bridgehead atoms. The number of alkyl halides is 3. The number of amides is 1. The van der Waals surface area contributed by atoms with E-state index >= 15 is 0 Å². The number of halogens is 3. The molecule has 7 nitrogen and oxygen atoms in total. The molecule has 2 heterocycles. The second-order valence-electron chi connectivity index (χ2n) is 7.81. The van der Waals surface area contributed by atoms with Gasteiger partial charge in [0.2, 0.25) is 0 Å². The number of aryl methyl sites for hydroxylation is 1. The van der Waals surface area contributed by atoms with Gasteiger partial charge in [0, 0.05) is 43.0 Å². The van der Waals surface area contributed by atoms with Crippen LogP contribution in [0.25, 0.3) is 27.5 Å². The molecule has 0 saturated heterocycles. The summed E-state index contributed by atoms with van der Waals surface area (Å²) in [6.07, 6.45) is -2.94. The minimum Gasteiger partial charge on any atom is -0.383 e. The Kier molecular flexibility index (Phi) is 5.71. The monoisotopic (exact) mass is 458 g/mol. The van der Waals surface area contributed by atoms with E-state index in [0.29, 0.717) is 28.6 Å². The van der Waals surface area contributed by atoms with Crippen LogP contribution in [0.5, 0.6) is 0 Å². The maximum absolute atomic E-state index is 13.3. The fourth-order valence-corrected chi connectivity index (χ4v) is 3.79. The van der Waals surface area contributed by atoms with Crippen molar-refractivity contribution in [1.82, 2.24) is 19.7 Å². The number of carbonyl (C=O) groups is 1. The summed E-state index contributed by atoms with van der Waals surface area (Å²) in [5.74, 6) is -0.321. The van der Waals surface area contributed by atoms with E-state index in [1.165, 1.54) is 28.5 Å². The topological polar surface area (TPSA) is 78.2 Å². The number of nitrogens with one attached hydrogen (secondary N) is 1. The maximum atomic E-state index is 13.3. The lowest BCUT2D eigenvalue weighted by atomic mass is 10.1. The minimum absolute atomic E-state index is 0.214. The van der Waals surface area contributed by atoms with Gasteiger partial charge in [-0.3, -0.25) is 18.8 Å². The smallest absolute Gasteiger partial charge is 0.383 e. The molecule has 0 aliphatic heterocycles. The summed E-state index contributed by atoms with van der Waals surface area (Å²) in [4.78, 5) is 26.0. The third-order valence-corrected chi connectivity index (χ3v) is 5.26. The maximum Gasteiger partial charge on any atom is 0.416 e. The van der Waals surface area contributed by atoms with Crippen molar-refractivity contribution < 1.29 is 22.7 Å². The fourth-order valence-electron chi connectivity index (χ4n) is 3.79. The van der Waals surface area contributed by atoms with Gasteiger partial charge in [0.05, 0.1) is 23.1 Å². The molecule has 0 unspecified atom stereocenters. The number of benzene rings is 2. The van der Waals surface area contributed by atoms with Gasteiger partial charge in [-0.2, -0.15) is 18.3 Å². The molecule has 33 heavy (non-hydrogen) atoms. The van der Waals surface area contributed by atoms with Gasteiger partial charge in [-0.25, -0.2) is 0 Å². The molecular weight excluding hydrogens is 437 g/mol. The highest BCUT2D eigenvalue weighted by atomic mass is 19.4. The van der Waals surface area contributed by atoms with Crippen molar-refractivity contribution >= 4 is 27.7 Å². The first-order chi connectivity index (χ1) is 15.6. The Morgan fingerprint density at radius 3 is 2.48 bits per heavy atom. The number of aromatic nitrogens is 3. The Bertz CT molecular complexity index is 1410. The number of methoxy groups -OCH3 is 1. The second-order valence-corrected chi connectivity index (χ2v) is 7.81. The summed E-state index contributed by atoms with van der Waals surface area (Å²) in [5, 5.41) is 8.02. The van der Waals surface area contributed by atoms with Crippen LogP contribution in [0.3, 0.4) is 0 Å². The zero-order valence-corrected chi connectivity index (χ0v) is 18.1. The molecule has 172 valence electrons. The standard InChI is InChI=1S/C23H21F3N4O3/c1-13(12-33-3)27-21(31)14-4-9-19-17(10-14)20-18(11-29(2)28-20)22(32)30(19)16-7-5-15(6-8-16)23(24,25)26/h4-11,13H,12H2,1-3H3,(H,27,31)/t13-/m1/s1. The molecule has 2 aromatic heterocycles. The molecule has 0 aliphatic carbocycles. The molecule has 4 aromatic rings. The lowest BCUT2D eigenvalue weighted by Crippen LogP contribution is -2.35. The number of rotatable bonds is 5. The van der Waals surface area contributed by atoms with Crippen molar-refractivity contribution in [3.8, 4) is 5.69 Å². The van der Waals surface area contributed by atoms with Crippen LogP contribution in [0.4, 0.5) is 13.2 Å². The molecular formula is C23H21F3N4O3. The van der Waals surface area contributed by atoms with Gasteiger partial charge in [-0.1, -0.05) is 0 Å². The average molecular weight is 458 g/mol. The number of carbonyl (C=O) groups excluding carboxylic acids is 1. The van der Waals surface area contributed by atoms with Crippen molar-refractivity contribution in [3.05, 3.63) is 70.1 Å². The Balaban J connectivity index is 1.91. The molecule has 4 rings (SSSR count). The van der Waals surface area contributed by atoms with Crippen LogP contribution >= 0.6 is 0 Å². The van der Waals surface area contributed by atoms with Gasteiger partial charge in [0.15, 0.2) is 0 Å². The van der Waals surface area contributed by atoms with Crippen LogP contribution in [0.15, 0.2) is 53.5 Å². The quantitative estimate of drug-likeness (QED) is 0.495. The molecule has 1 amide bonds. The van der Waals surface area contributed by atoms with Crippen molar-refractivity contribution in [2.24, 2.45) is 7.05 Å². The Hall–Kier alpha value is -3.66. The number of pyridine rings is 1. The van der Waals surface area contributed by atoms with Crippen LogP contribution in [-0.2, 0) is 18.0 Å². The zero-order chi connectivity index (χ0) is 23.9. The number of hydrogen-bond donors (Lipinski definition) is 1. The normalized spacial score (nSPS) is 12.9. The highest BCUT2D eigenvalue weighted by Crippen LogP contribution is 2.30. The van der Waals surface area contributed by atoms with E-state index in [-0.39, 0.29) is 23.0 Å². The first-order valence-electron chi connectivity index (χ1n) is 10.1. The number of hydrogen-bond acceptors (Lipinski definition) is 4. The summed E-state index contributed by atoms with van der Waals surface area (Å²) < 4.78 is 46.8. The molecule has 1 atom stereocenters. The minimum atomic E-state index is -4.49. The molecule has 0 radical (unpaired) electrons. The molecule has 0 fully saturated rings. The number of ether oxygens (including phenoxy) is 1. The van der Waals surface area contributed by atoms with E-state index in [0.717, 1.165) is 12.1 Å². The third kappa shape index (κ3) is 4.21. The number of fused-ring (bicyclic) bond motifs is 3. The van der Waals surface area contributed by atoms with Gasteiger partial charge < -0.3 is 10.1 Å².